The molecule has 2 aromatic carbocycles. The van der Waals surface area contributed by atoms with Crippen LogP contribution in [0, 0.1) is 5.95 Å². The van der Waals surface area contributed by atoms with Crippen molar-refractivity contribution in [2.75, 3.05) is 6.54 Å². The number of carbonyl (C=O) groups excluding carboxylic acids is 1. The lowest BCUT2D eigenvalue weighted by Gasteiger charge is -2.28. The summed E-state index contributed by atoms with van der Waals surface area (Å²) in [6.45, 7) is 1.22. The number of aromatic nitrogens is 3. The van der Waals surface area contributed by atoms with E-state index in [2.05, 4.69) is 27.3 Å². The summed E-state index contributed by atoms with van der Waals surface area (Å²) < 4.78 is 14.1. The van der Waals surface area contributed by atoms with Crippen LogP contribution in [0.15, 0.2) is 60.8 Å². The molecule has 5 rings (SSSR count). The maximum atomic E-state index is 14.1. The molecule has 0 atom stereocenters. The molecule has 0 aliphatic carbocycles. The minimum atomic E-state index is -0.536. The third-order valence-corrected chi connectivity index (χ3v) is 5.25. The molecule has 6 heteroatoms. The first-order valence-electron chi connectivity index (χ1n) is 9.16. The number of H-pyrrole nitrogens is 1. The SMILES string of the molecule is O=C(c1n[nH]c2ccc(-c3cccnc3F)cc12)N1CCc2ccccc2C1. The Hall–Kier alpha value is -3.54. The van der Waals surface area contributed by atoms with Crippen molar-refractivity contribution >= 4 is 16.8 Å². The Morgan fingerprint density at radius 1 is 1.07 bits per heavy atom. The van der Waals surface area contributed by atoms with Gasteiger partial charge in [-0.3, -0.25) is 9.89 Å². The highest BCUT2D eigenvalue weighted by Gasteiger charge is 2.25. The van der Waals surface area contributed by atoms with E-state index < -0.39 is 5.95 Å². The molecule has 1 aliphatic rings. The van der Waals surface area contributed by atoms with Crippen LogP contribution >= 0.6 is 0 Å². The minimum absolute atomic E-state index is 0.121. The zero-order chi connectivity index (χ0) is 19.1. The molecule has 4 aromatic rings. The molecule has 0 saturated carbocycles. The molecular weight excluding hydrogens is 355 g/mol. The lowest BCUT2D eigenvalue weighted by atomic mass is 9.99. The van der Waals surface area contributed by atoms with Crippen molar-refractivity contribution < 1.29 is 9.18 Å². The third-order valence-electron chi connectivity index (χ3n) is 5.25. The molecule has 1 amide bonds. The molecule has 3 heterocycles. The average molecular weight is 372 g/mol. The summed E-state index contributed by atoms with van der Waals surface area (Å²) in [6, 6.07) is 16.9. The fraction of sp³-hybridized carbons (Fsp3) is 0.136. The van der Waals surface area contributed by atoms with Crippen LogP contribution in [-0.2, 0) is 13.0 Å². The molecule has 1 aliphatic heterocycles. The highest BCUT2D eigenvalue weighted by atomic mass is 19.1. The number of hydrogen-bond acceptors (Lipinski definition) is 3. The predicted molar refractivity (Wildman–Crippen MR) is 104 cm³/mol. The van der Waals surface area contributed by atoms with Crippen LogP contribution in [0.25, 0.3) is 22.0 Å². The summed E-state index contributed by atoms with van der Waals surface area (Å²) in [5.41, 5.74) is 4.62. The molecule has 0 bridgehead atoms. The van der Waals surface area contributed by atoms with Crippen molar-refractivity contribution in [3.05, 3.63) is 83.6 Å². The summed E-state index contributed by atoms with van der Waals surface area (Å²) in [5, 5.41) is 7.86. The Labute approximate surface area is 160 Å². The van der Waals surface area contributed by atoms with Crippen LogP contribution in [0.5, 0.6) is 0 Å². The van der Waals surface area contributed by atoms with Crippen LogP contribution in [0.1, 0.15) is 21.6 Å². The minimum Gasteiger partial charge on any atom is -0.333 e. The largest absolute Gasteiger partial charge is 0.333 e. The van der Waals surface area contributed by atoms with Gasteiger partial charge in [0.15, 0.2) is 5.69 Å². The molecular formula is C22H17FN4O. The first-order valence-corrected chi connectivity index (χ1v) is 9.16. The Balaban J connectivity index is 1.52. The van der Waals surface area contributed by atoms with E-state index in [1.165, 1.54) is 17.3 Å². The van der Waals surface area contributed by atoms with Crippen LogP contribution in [0.4, 0.5) is 4.39 Å². The number of carbonyl (C=O) groups is 1. The summed E-state index contributed by atoms with van der Waals surface area (Å²) in [6.07, 6.45) is 2.24. The van der Waals surface area contributed by atoms with Crippen molar-refractivity contribution in [1.29, 1.82) is 0 Å². The van der Waals surface area contributed by atoms with Crippen LogP contribution < -0.4 is 0 Å². The molecule has 0 fully saturated rings. The number of nitrogens with zero attached hydrogens (tertiary/aromatic N) is 3. The summed E-state index contributed by atoms with van der Waals surface area (Å²) in [5.74, 6) is -0.657. The van der Waals surface area contributed by atoms with Gasteiger partial charge >= 0.3 is 0 Å². The first kappa shape index (κ1) is 16.6. The fourth-order valence-corrected chi connectivity index (χ4v) is 3.76. The second kappa shape index (κ2) is 6.56. The number of aromatic amines is 1. The Kier molecular flexibility index (Phi) is 3.90. The monoisotopic (exact) mass is 372 g/mol. The summed E-state index contributed by atoms with van der Waals surface area (Å²) in [4.78, 5) is 18.7. The quantitative estimate of drug-likeness (QED) is 0.542. The van der Waals surface area contributed by atoms with E-state index in [-0.39, 0.29) is 5.91 Å². The van der Waals surface area contributed by atoms with Gasteiger partial charge in [0.1, 0.15) is 0 Å². The molecule has 138 valence electrons. The number of nitrogens with one attached hydrogen (secondary N) is 1. The second-order valence-electron chi connectivity index (χ2n) is 6.92. The Bertz CT molecular complexity index is 1200. The summed E-state index contributed by atoms with van der Waals surface area (Å²) >= 11 is 0. The van der Waals surface area contributed by atoms with Gasteiger partial charge in [0.05, 0.1) is 5.52 Å². The maximum Gasteiger partial charge on any atom is 0.275 e. The topological polar surface area (TPSA) is 61.9 Å². The molecule has 0 spiro atoms. The average Bonchev–Trinajstić information content (AvgIpc) is 3.16. The molecule has 0 unspecified atom stereocenters. The van der Waals surface area contributed by atoms with E-state index in [1.807, 2.05) is 23.1 Å². The van der Waals surface area contributed by atoms with Crippen LogP contribution in [-0.4, -0.2) is 32.5 Å². The van der Waals surface area contributed by atoms with E-state index in [0.717, 1.165) is 11.9 Å². The van der Waals surface area contributed by atoms with Gasteiger partial charge in [-0.25, -0.2) is 4.98 Å². The van der Waals surface area contributed by atoms with E-state index >= 15 is 0 Å². The third kappa shape index (κ3) is 2.74. The number of pyridine rings is 1. The number of halogens is 1. The highest BCUT2D eigenvalue weighted by molar-refractivity contribution is 6.05. The van der Waals surface area contributed by atoms with Gasteiger partial charge in [-0.2, -0.15) is 9.49 Å². The maximum absolute atomic E-state index is 14.1. The smallest absolute Gasteiger partial charge is 0.275 e. The van der Waals surface area contributed by atoms with Gasteiger partial charge in [0, 0.05) is 30.2 Å². The van der Waals surface area contributed by atoms with Crippen molar-refractivity contribution in [2.24, 2.45) is 0 Å². The Morgan fingerprint density at radius 2 is 1.93 bits per heavy atom. The van der Waals surface area contributed by atoms with Gasteiger partial charge in [-0.1, -0.05) is 30.3 Å². The van der Waals surface area contributed by atoms with Crippen LogP contribution in [0.3, 0.4) is 0 Å². The van der Waals surface area contributed by atoms with Gasteiger partial charge in [-0.15, -0.1) is 0 Å². The van der Waals surface area contributed by atoms with Crippen molar-refractivity contribution in [3.8, 4) is 11.1 Å². The molecule has 0 radical (unpaired) electrons. The molecule has 0 saturated heterocycles. The molecule has 28 heavy (non-hydrogen) atoms. The zero-order valence-electron chi connectivity index (χ0n) is 15.0. The number of amides is 1. The summed E-state index contributed by atoms with van der Waals surface area (Å²) in [7, 11) is 0. The standard InChI is InChI=1S/C22H17FN4O/c23-21-17(6-3-10-24-21)15-7-8-19-18(12-15)20(26-25-19)22(28)27-11-9-14-4-1-2-5-16(14)13-27/h1-8,10,12H,9,11,13H2,(H,25,26). The zero-order valence-corrected chi connectivity index (χ0v) is 15.0. The van der Waals surface area contributed by atoms with Crippen molar-refractivity contribution in [3.63, 3.8) is 0 Å². The van der Waals surface area contributed by atoms with Crippen molar-refractivity contribution in [1.82, 2.24) is 20.1 Å². The lowest BCUT2D eigenvalue weighted by Crippen LogP contribution is -2.36. The Morgan fingerprint density at radius 3 is 2.79 bits per heavy atom. The van der Waals surface area contributed by atoms with Gasteiger partial charge in [0.25, 0.3) is 5.91 Å². The number of benzene rings is 2. The second-order valence-corrected chi connectivity index (χ2v) is 6.92. The highest BCUT2D eigenvalue weighted by Crippen LogP contribution is 2.28. The van der Waals surface area contributed by atoms with Crippen LogP contribution in [0.2, 0.25) is 0 Å². The van der Waals surface area contributed by atoms with Crippen molar-refractivity contribution in [2.45, 2.75) is 13.0 Å². The van der Waals surface area contributed by atoms with E-state index in [9.17, 15) is 9.18 Å². The van der Waals surface area contributed by atoms with Gasteiger partial charge in [-0.05, 0) is 47.4 Å². The molecule has 5 nitrogen and oxygen atoms in total. The van der Waals surface area contributed by atoms with Gasteiger partial charge < -0.3 is 4.90 Å². The number of hydrogen-bond donors (Lipinski definition) is 1. The molecule has 2 aromatic heterocycles. The van der Waals surface area contributed by atoms with Gasteiger partial charge in [0.2, 0.25) is 5.95 Å². The van der Waals surface area contributed by atoms with E-state index in [4.69, 9.17) is 0 Å². The lowest BCUT2D eigenvalue weighted by molar-refractivity contribution is 0.0730. The number of rotatable bonds is 2. The predicted octanol–water partition coefficient (Wildman–Crippen LogP) is 3.96. The molecule has 1 N–H and O–H groups in total. The fourth-order valence-electron chi connectivity index (χ4n) is 3.76. The van der Waals surface area contributed by atoms with E-state index in [0.29, 0.717) is 35.3 Å². The first-order chi connectivity index (χ1) is 13.7. The van der Waals surface area contributed by atoms with E-state index in [1.54, 1.807) is 24.3 Å². The number of fused-ring (bicyclic) bond motifs is 2. The normalized spacial score (nSPS) is 13.5.